The molecule has 1 aromatic carbocycles. The van der Waals surface area contributed by atoms with Crippen molar-refractivity contribution in [1.29, 1.82) is 0 Å². The first-order valence-electron chi connectivity index (χ1n) is 6.10. The third-order valence-corrected chi connectivity index (χ3v) is 3.71. The molecule has 1 aromatic rings. The third-order valence-electron chi connectivity index (χ3n) is 3.71. The molecule has 1 saturated carbocycles. The molecule has 0 saturated heterocycles. The number of nitrogens with two attached hydrogens (primary N) is 1. The third kappa shape index (κ3) is 2.99. The van der Waals surface area contributed by atoms with Crippen LogP contribution in [-0.4, -0.2) is 0 Å². The van der Waals surface area contributed by atoms with Gasteiger partial charge in [0.15, 0.2) is 0 Å². The predicted molar refractivity (Wildman–Crippen MR) is 71.9 cm³/mol. The van der Waals surface area contributed by atoms with E-state index in [4.69, 9.17) is 5.73 Å². The summed E-state index contributed by atoms with van der Waals surface area (Å²) in [6, 6.07) is 8.80. The van der Waals surface area contributed by atoms with Crippen molar-refractivity contribution < 1.29 is 0 Å². The molecule has 90 valence electrons. The van der Waals surface area contributed by atoms with E-state index in [2.05, 4.69) is 31.2 Å². The van der Waals surface area contributed by atoms with Gasteiger partial charge in [-0.2, -0.15) is 0 Å². The highest BCUT2D eigenvalue weighted by molar-refractivity contribution is 5.85. The number of hydrogen-bond acceptors (Lipinski definition) is 1. The highest BCUT2D eigenvalue weighted by Crippen LogP contribution is 2.33. The Balaban J connectivity index is 0.00000128. The topological polar surface area (TPSA) is 26.0 Å². The Kier molecular flexibility index (Phi) is 5.30. The summed E-state index contributed by atoms with van der Waals surface area (Å²) in [4.78, 5) is 0. The smallest absolute Gasteiger partial charge is 0.0326 e. The van der Waals surface area contributed by atoms with Crippen molar-refractivity contribution in [3.8, 4) is 0 Å². The summed E-state index contributed by atoms with van der Waals surface area (Å²) in [6.45, 7) is 2.16. The lowest BCUT2D eigenvalue weighted by Gasteiger charge is -2.28. The van der Waals surface area contributed by atoms with E-state index in [1.807, 2.05) is 0 Å². The second-order valence-corrected chi connectivity index (χ2v) is 4.78. The zero-order chi connectivity index (χ0) is 10.7. The van der Waals surface area contributed by atoms with Crippen molar-refractivity contribution in [3.63, 3.8) is 0 Å². The number of benzene rings is 1. The normalized spacial score (nSPS) is 18.9. The zero-order valence-electron chi connectivity index (χ0n) is 9.99. The lowest BCUT2D eigenvalue weighted by molar-refractivity contribution is 0.307. The molecule has 0 spiro atoms. The maximum atomic E-state index is 6.37. The molecule has 2 rings (SSSR count). The molecule has 0 heterocycles. The summed E-state index contributed by atoms with van der Waals surface area (Å²) in [6.07, 6.45) is 6.76. The van der Waals surface area contributed by atoms with Gasteiger partial charge in [0.1, 0.15) is 0 Å². The Hall–Kier alpha value is -0.530. The fourth-order valence-corrected chi connectivity index (χ4v) is 2.71. The van der Waals surface area contributed by atoms with Gasteiger partial charge in [0.05, 0.1) is 0 Å². The lowest BCUT2D eigenvalue weighted by atomic mass is 9.80. The first kappa shape index (κ1) is 13.5. The fraction of sp³-hybridized carbons (Fsp3) is 0.571. The van der Waals surface area contributed by atoms with Crippen LogP contribution in [0.3, 0.4) is 0 Å². The van der Waals surface area contributed by atoms with Crippen molar-refractivity contribution in [2.75, 3.05) is 0 Å². The average molecular weight is 240 g/mol. The Morgan fingerprint density at radius 2 is 1.75 bits per heavy atom. The van der Waals surface area contributed by atoms with Crippen LogP contribution in [-0.2, 0) is 0 Å². The van der Waals surface area contributed by atoms with Gasteiger partial charge in [-0.3, -0.25) is 0 Å². The molecule has 16 heavy (non-hydrogen) atoms. The van der Waals surface area contributed by atoms with E-state index in [0.29, 0.717) is 5.92 Å². The molecule has 0 aromatic heterocycles. The van der Waals surface area contributed by atoms with Crippen LogP contribution in [0.15, 0.2) is 24.3 Å². The maximum Gasteiger partial charge on any atom is 0.0326 e. The molecule has 1 fully saturated rings. The average Bonchev–Trinajstić information content (AvgIpc) is 2.30. The van der Waals surface area contributed by atoms with Gasteiger partial charge in [0.2, 0.25) is 0 Å². The van der Waals surface area contributed by atoms with Gasteiger partial charge >= 0.3 is 0 Å². The fourth-order valence-electron chi connectivity index (χ4n) is 2.71. The highest BCUT2D eigenvalue weighted by Gasteiger charge is 2.22. The minimum absolute atomic E-state index is 0. The first-order chi connectivity index (χ1) is 7.29. The monoisotopic (exact) mass is 239 g/mol. The Morgan fingerprint density at radius 1 is 1.12 bits per heavy atom. The van der Waals surface area contributed by atoms with E-state index in [-0.39, 0.29) is 18.4 Å². The van der Waals surface area contributed by atoms with Crippen molar-refractivity contribution in [1.82, 2.24) is 0 Å². The number of aryl methyl sites for hydroxylation is 1. The number of halogens is 1. The molecule has 1 aliphatic carbocycles. The second-order valence-electron chi connectivity index (χ2n) is 4.78. The summed E-state index contributed by atoms with van der Waals surface area (Å²) in [5.41, 5.74) is 9.06. The summed E-state index contributed by atoms with van der Waals surface area (Å²) in [5, 5.41) is 0. The first-order valence-corrected chi connectivity index (χ1v) is 6.10. The highest BCUT2D eigenvalue weighted by atomic mass is 35.5. The molecule has 1 unspecified atom stereocenters. The standard InChI is InChI=1S/C14H21N.ClH/c1-11-7-5-6-10-13(11)14(15)12-8-3-2-4-9-12;/h5-7,10,12,14H,2-4,8-9,15H2,1H3;1H. The van der Waals surface area contributed by atoms with E-state index >= 15 is 0 Å². The van der Waals surface area contributed by atoms with Gasteiger partial charge in [-0.25, -0.2) is 0 Å². The molecule has 0 aliphatic heterocycles. The Morgan fingerprint density at radius 3 is 2.38 bits per heavy atom. The quantitative estimate of drug-likeness (QED) is 0.830. The van der Waals surface area contributed by atoms with E-state index in [1.165, 1.54) is 43.2 Å². The molecule has 1 nitrogen and oxygen atoms in total. The van der Waals surface area contributed by atoms with Crippen LogP contribution in [0.25, 0.3) is 0 Å². The van der Waals surface area contributed by atoms with Crippen LogP contribution in [0.5, 0.6) is 0 Å². The largest absolute Gasteiger partial charge is 0.324 e. The van der Waals surface area contributed by atoms with Crippen LogP contribution in [0.2, 0.25) is 0 Å². The van der Waals surface area contributed by atoms with Gasteiger partial charge < -0.3 is 5.73 Å². The minimum Gasteiger partial charge on any atom is -0.324 e. The van der Waals surface area contributed by atoms with Crippen molar-refractivity contribution in [2.45, 2.75) is 45.1 Å². The van der Waals surface area contributed by atoms with Gasteiger partial charge in [0.25, 0.3) is 0 Å². The summed E-state index contributed by atoms with van der Waals surface area (Å²) < 4.78 is 0. The van der Waals surface area contributed by atoms with Crippen molar-refractivity contribution in [3.05, 3.63) is 35.4 Å². The van der Waals surface area contributed by atoms with E-state index in [9.17, 15) is 0 Å². The van der Waals surface area contributed by atoms with Crippen LogP contribution in [0.1, 0.15) is 49.3 Å². The van der Waals surface area contributed by atoms with Crippen molar-refractivity contribution in [2.24, 2.45) is 11.7 Å². The molecular weight excluding hydrogens is 218 g/mol. The number of rotatable bonds is 2. The molecule has 0 radical (unpaired) electrons. The SMILES string of the molecule is Cc1ccccc1C(N)C1CCCCC1.Cl. The van der Waals surface area contributed by atoms with Gasteiger partial charge in [-0.15, -0.1) is 12.4 Å². The maximum absolute atomic E-state index is 6.37. The van der Waals surface area contributed by atoms with Crippen LogP contribution >= 0.6 is 12.4 Å². The van der Waals surface area contributed by atoms with Crippen molar-refractivity contribution >= 4 is 12.4 Å². The predicted octanol–water partition coefficient (Wildman–Crippen LogP) is 4.00. The molecule has 1 atom stereocenters. The molecule has 2 N–H and O–H groups in total. The van der Waals surface area contributed by atoms with E-state index < -0.39 is 0 Å². The Bertz CT molecular complexity index is 318. The van der Waals surface area contributed by atoms with Gasteiger partial charge in [0, 0.05) is 6.04 Å². The van der Waals surface area contributed by atoms with Crippen LogP contribution < -0.4 is 5.73 Å². The summed E-state index contributed by atoms with van der Waals surface area (Å²) in [7, 11) is 0. The lowest BCUT2D eigenvalue weighted by Crippen LogP contribution is -2.24. The molecular formula is C14H22ClN. The Labute approximate surface area is 105 Å². The second kappa shape index (κ2) is 6.27. The number of hydrogen-bond donors (Lipinski definition) is 1. The molecule has 2 heteroatoms. The summed E-state index contributed by atoms with van der Waals surface area (Å²) in [5.74, 6) is 0.708. The molecule has 0 amide bonds. The van der Waals surface area contributed by atoms with Gasteiger partial charge in [-0.05, 0) is 36.8 Å². The van der Waals surface area contributed by atoms with E-state index in [0.717, 1.165) is 0 Å². The van der Waals surface area contributed by atoms with Crippen LogP contribution in [0, 0.1) is 12.8 Å². The van der Waals surface area contributed by atoms with Crippen LogP contribution in [0.4, 0.5) is 0 Å². The van der Waals surface area contributed by atoms with E-state index in [1.54, 1.807) is 0 Å². The van der Waals surface area contributed by atoms with Gasteiger partial charge in [-0.1, -0.05) is 43.5 Å². The summed E-state index contributed by atoms with van der Waals surface area (Å²) >= 11 is 0. The molecule has 0 bridgehead atoms. The minimum atomic E-state index is 0. The molecule has 1 aliphatic rings. The zero-order valence-corrected chi connectivity index (χ0v) is 10.8.